The highest BCUT2D eigenvalue weighted by Gasteiger charge is 2.50. The molecule has 5 nitrogen and oxygen atoms in total. The number of nitrogens with zero attached hydrogens (tertiary/aromatic N) is 2. The molecule has 0 aliphatic carbocycles. The SMILES string of the molecule is Cc1n([C@@H]2CO[C@H]3[C@@H]2OC[C@H]3O)cc[n+]1C. The molecule has 16 heavy (non-hydrogen) atoms. The van der Waals surface area contributed by atoms with E-state index in [0.717, 1.165) is 0 Å². The minimum Gasteiger partial charge on any atom is -0.388 e. The van der Waals surface area contributed by atoms with Crippen LogP contribution in [0, 0.1) is 6.92 Å². The average molecular weight is 225 g/mol. The first-order valence-electron chi connectivity index (χ1n) is 5.63. The van der Waals surface area contributed by atoms with Gasteiger partial charge in [-0.05, 0) is 0 Å². The van der Waals surface area contributed by atoms with Crippen LogP contribution in [-0.4, -0.2) is 41.2 Å². The van der Waals surface area contributed by atoms with Crippen molar-refractivity contribution in [3.63, 3.8) is 0 Å². The summed E-state index contributed by atoms with van der Waals surface area (Å²) < 4.78 is 15.5. The van der Waals surface area contributed by atoms with Gasteiger partial charge >= 0.3 is 0 Å². The zero-order valence-corrected chi connectivity index (χ0v) is 9.54. The topological polar surface area (TPSA) is 47.5 Å². The summed E-state index contributed by atoms with van der Waals surface area (Å²) in [5.74, 6) is 1.17. The fourth-order valence-corrected chi connectivity index (χ4v) is 2.62. The van der Waals surface area contributed by atoms with Crippen molar-refractivity contribution in [1.29, 1.82) is 0 Å². The van der Waals surface area contributed by atoms with Crippen molar-refractivity contribution in [3.8, 4) is 0 Å². The van der Waals surface area contributed by atoms with Gasteiger partial charge in [-0.1, -0.05) is 0 Å². The van der Waals surface area contributed by atoms with Crippen LogP contribution in [0.25, 0.3) is 0 Å². The smallest absolute Gasteiger partial charge is 0.253 e. The molecule has 5 heteroatoms. The number of aromatic nitrogens is 2. The third-order valence-corrected chi connectivity index (χ3v) is 3.69. The molecule has 0 amide bonds. The largest absolute Gasteiger partial charge is 0.388 e. The van der Waals surface area contributed by atoms with E-state index < -0.39 is 6.10 Å². The third-order valence-electron chi connectivity index (χ3n) is 3.69. The highest BCUT2D eigenvalue weighted by molar-refractivity contribution is 5.00. The summed E-state index contributed by atoms with van der Waals surface area (Å²) in [5, 5.41) is 9.67. The fraction of sp³-hybridized carbons (Fsp3) is 0.727. The fourth-order valence-electron chi connectivity index (χ4n) is 2.62. The molecule has 0 spiro atoms. The second-order valence-electron chi connectivity index (χ2n) is 4.59. The van der Waals surface area contributed by atoms with Crippen LogP contribution in [0.1, 0.15) is 11.9 Å². The Bertz CT molecular complexity index is 404. The Morgan fingerprint density at radius 1 is 1.38 bits per heavy atom. The summed E-state index contributed by atoms with van der Waals surface area (Å²) >= 11 is 0. The first-order chi connectivity index (χ1) is 7.68. The van der Waals surface area contributed by atoms with E-state index in [-0.39, 0.29) is 18.2 Å². The monoisotopic (exact) mass is 225 g/mol. The summed E-state index contributed by atoms with van der Waals surface area (Å²) in [6, 6.07) is 0.184. The first-order valence-corrected chi connectivity index (χ1v) is 5.63. The highest BCUT2D eigenvalue weighted by Crippen LogP contribution is 2.34. The Morgan fingerprint density at radius 3 is 2.81 bits per heavy atom. The van der Waals surface area contributed by atoms with Crippen LogP contribution in [-0.2, 0) is 16.5 Å². The van der Waals surface area contributed by atoms with Crippen LogP contribution in [0.5, 0.6) is 0 Å². The number of aryl methyl sites for hydroxylation is 1. The van der Waals surface area contributed by atoms with Gasteiger partial charge < -0.3 is 14.6 Å². The maximum atomic E-state index is 9.67. The molecule has 3 rings (SSSR count). The molecule has 0 radical (unpaired) electrons. The molecule has 0 aromatic carbocycles. The van der Waals surface area contributed by atoms with E-state index >= 15 is 0 Å². The van der Waals surface area contributed by atoms with E-state index in [1.54, 1.807) is 0 Å². The van der Waals surface area contributed by atoms with Gasteiger partial charge in [0.25, 0.3) is 5.82 Å². The van der Waals surface area contributed by atoms with Crippen molar-refractivity contribution in [2.45, 2.75) is 31.3 Å². The van der Waals surface area contributed by atoms with E-state index in [9.17, 15) is 5.11 Å². The summed E-state index contributed by atoms with van der Waals surface area (Å²) in [6.45, 7) is 3.07. The summed E-state index contributed by atoms with van der Waals surface area (Å²) in [4.78, 5) is 0. The van der Waals surface area contributed by atoms with Crippen LogP contribution in [0.2, 0.25) is 0 Å². The Labute approximate surface area is 94.2 Å². The number of imidazole rings is 1. The van der Waals surface area contributed by atoms with Gasteiger partial charge in [-0.2, -0.15) is 0 Å². The molecule has 2 aliphatic heterocycles. The van der Waals surface area contributed by atoms with Gasteiger partial charge in [0.15, 0.2) is 6.04 Å². The van der Waals surface area contributed by atoms with E-state index in [0.29, 0.717) is 13.2 Å². The minimum absolute atomic E-state index is 0.0129. The van der Waals surface area contributed by atoms with E-state index in [2.05, 4.69) is 16.1 Å². The van der Waals surface area contributed by atoms with Gasteiger partial charge in [-0.15, -0.1) is 0 Å². The third kappa shape index (κ3) is 1.32. The van der Waals surface area contributed by atoms with Crippen LogP contribution < -0.4 is 4.57 Å². The van der Waals surface area contributed by atoms with E-state index in [4.69, 9.17) is 9.47 Å². The molecule has 0 saturated carbocycles. The van der Waals surface area contributed by atoms with Gasteiger partial charge in [-0.25, -0.2) is 9.13 Å². The molecule has 0 bridgehead atoms. The quantitative estimate of drug-likeness (QED) is 0.644. The Morgan fingerprint density at radius 2 is 2.12 bits per heavy atom. The number of aliphatic hydroxyl groups excluding tert-OH is 1. The van der Waals surface area contributed by atoms with Gasteiger partial charge in [0.1, 0.15) is 30.7 Å². The molecule has 2 saturated heterocycles. The molecule has 1 N–H and O–H groups in total. The van der Waals surface area contributed by atoms with Crippen molar-refractivity contribution in [2.24, 2.45) is 7.05 Å². The maximum absolute atomic E-state index is 9.67. The van der Waals surface area contributed by atoms with Crippen LogP contribution >= 0.6 is 0 Å². The molecule has 88 valence electrons. The van der Waals surface area contributed by atoms with Crippen LogP contribution in [0.3, 0.4) is 0 Å². The van der Waals surface area contributed by atoms with Gasteiger partial charge in [0.05, 0.1) is 20.3 Å². The van der Waals surface area contributed by atoms with Crippen molar-refractivity contribution in [2.75, 3.05) is 13.2 Å². The molecule has 4 atom stereocenters. The van der Waals surface area contributed by atoms with Gasteiger partial charge in [0.2, 0.25) is 0 Å². The molecule has 1 aromatic rings. The van der Waals surface area contributed by atoms with E-state index in [1.165, 1.54) is 5.82 Å². The zero-order chi connectivity index (χ0) is 11.3. The lowest BCUT2D eigenvalue weighted by Gasteiger charge is -2.13. The summed E-state index contributed by atoms with van der Waals surface area (Å²) in [5.41, 5.74) is 0. The number of hydrogen-bond acceptors (Lipinski definition) is 3. The standard InChI is InChI=1S/C11H17N2O3/c1-7-12(2)3-4-13(7)8-5-15-11-9(14)6-16-10(8)11/h3-4,8-11,14H,5-6H2,1-2H3/q+1/t8-,9-,10-,11-/m1/s1. The van der Waals surface area contributed by atoms with Gasteiger partial charge in [0, 0.05) is 6.92 Å². The van der Waals surface area contributed by atoms with Crippen molar-refractivity contribution >= 4 is 0 Å². The number of hydrogen-bond donors (Lipinski definition) is 1. The first kappa shape index (κ1) is 10.3. The summed E-state index contributed by atoms with van der Waals surface area (Å²) in [7, 11) is 2.02. The second kappa shape index (κ2) is 3.55. The van der Waals surface area contributed by atoms with Crippen LogP contribution in [0.4, 0.5) is 0 Å². The van der Waals surface area contributed by atoms with Gasteiger partial charge in [-0.3, -0.25) is 0 Å². The summed E-state index contributed by atoms with van der Waals surface area (Å²) in [6.07, 6.45) is 3.42. The van der Waals surface area contributed by atoms with Crippen molar-refractivity contribution in [1.82, 2.24) is 4.57 Å². The predicted molar refractivity (Wildman–Crippen MR) is 54.9 cm³/mol. The normalized spacial score (nSPS) is 37.9. The molecule has 3 heterocycles. The maximum Gasteiger partial charge on any atom is 0.253 e. The molecule has 2 fully saturated rings. The molecule has 2 aliphatic rings. The Kier molecular flexibility index (Phi) is 2.27. The predicted octanol–water partition coefficient (Wildman–Crippen LogP) is -0.679. The molecular formula is C11H17N2O3+. The zero-order valence-electron chi connectivity index (χ0n) is 9.54. The average Bonchev–Trinajstić information content (AvgIpc) is 2.90. The Hall–Kier alpha value is -0.910. The number of rotatable bonds is 1. The second-order valence-corrected chi connectivity index (χ2v) is 4.59. The lowest BCUT2D eigenvalue weighted by atomic mass is 10.1. The van der Waals surface area contributed by atoms with E-state index in [1.807, 2.05) is 19.4 Å². The lowest BCUT2D eigenvalue weighted by Crippen LogP contribution is -2.34. The Balaban J connectivity index is 1.89. The van der Waals surface area contributed by atoms with Crippen molar-refractivity contribution in [3.05, 3.63) is 18.2 Å². The number of ether oxygens (including phenoxy) is 2. The lowest BCUT2D eigenvalue weighted by molar-refractivity contribution is -0.677. The molecule has 1 aromatic heterocycles. The van der Waals surface area contributed by atoms with Crippen LogP contribution in [0.15, 0.2) is 12.4 Å². The molecule has 0 unspecified atom stereocenters. The number of aliphatic hydroxyl groups is 1. The minimum atomic E-state index is -0.473. The van der Waals surface area contributed by atoms with Crippen molar-refractivity contribution < 1.29 is 19.1 Å². The number of fused-ring (bicyclic) bond motifs is 1. The molecular weight excluding hydrogens is 208 g/mol. The highest BCUT2D eigenvalue weighted by atomic mass is 16.6.